The van der Waals surface area contributed by atoms with Crippen molar-refractivity contribution >= 4 is 5.97 Å². The van der Waals surface area contributed by atoms with Crippen LogP contribution in [-0.2, 0) is 9.53 Å². The molecule has 0 aromatic heterocycles. The van der Waals surface area contributed by atoms with Gasteiger partial charge in [-0.3, -0.25) is 4.79 Å². The van der Waals surface area contributed by atoms with E-state index < -0.39 is 0 Å². The molecule has 0 aliphatic rings. The van der Waals surface area contributed by atoms with Crippen LogP contribution in [0.1, 0.15) is 20.8 Å². The van der Waals surface area contributed by atoms with Crippen molar-refractivity contribution in [2.75, 3.05) is 26.2 Å². The molecule has 0 rings (SSSR count). The standard InChI is InChI=1S/C10H19NO2/c1-4-11(5-2)8-6-7-9-13-10(3)12/h6-7H,4-5,8-9H2,1-3H3/b7-6+. The summed E-state index contributed by atoms with van der Waals surface area (Å²) < 4.78 is 4.75. The van der Waals surface area contributed by atoms with Crippen molar-refractivity contribution in [1.82, 2.24) is 4.90 Å². The van der Waals surface area contributed by atoms with Crippen LogP contribution < -0.4 is 0 Å². The molecule has 3 nitrogen and oxygen atoms in total. The number of ether oxygens (including phenoxy) is 1. The smallest absolute Gasteiger partial charge is 0.302 e. The number of hydrogen-bond acceptors (Lipinski definition) is 3. The Labute approximate surface area is 80.4 Å². The van der Waals surface area contributed by atoms with Gasteiger partial charge in [-0.2, -0.15) is 0 Å². The van der Waals surface area contributed by atoms with Gasteiger partial charge >= 0.3 is 5.97 Å². The molecule has 0 amide bonds. The van der Waals surface area contributed by atoms with Gasteiger partial charge in [-0.15, -0.1) is 0 Å². The SMILES string of the molecule is CCN(CC)C/C=C/COC(C)=O. The Hall–Kier alpha value is -0.830. The number of esters is 1. The van der Waals surface area contributed by atoms with E-state index in [4.69, 9.17) is 4.74 Å². The number of carbonyl (C=O) groups excluding carboxylic acids is 1. The molecule has 0 saturated carbocycles. The van der Waals surface area contributed by atoms with Crippen molar-refractivity contribution in [2.45, 2.75) is 20.8 Å². The fourth-order valence-corrected chi connectivity index (χ4v) is 0.939. The zero-order chi connectivity index (χ0) is 10.1. The minimum atomic E-state index is -0.229. The molecule has 0 unspecified atom stereocenters. The summed E-state index contributed by atoms with van der Waals surface area (Å²) in [5.74, 6) is -0.229. The van der Waals surface area contributed by atoms with Crippen molar-refractivity contribution in [3.05, 3.63) is 12.2 Å². The van der Waals surface area contributed by atoms with Crippen LogP contribution in [0.5, 0.6) is 0 Å². The minimum Gasteiger partial charge on any atom is -0.462 e. The largest absolute Gasteiger partial charge is 0.462 e. The topological polar surface area (TPSA) is 29.5 Å². The lowest BCUT2D eigenvalue weighted by Crippen LogP contribution is -2.22. The van der Waals surface area contributed by atoms with Gasteiger partial charge < -0.3 is 9.64 Å². The van der Waals surface area contributed by atoms with E-state index >= 15 is 0 Å². The van der Waals surface area contributed by atoms with E-state index in [1.807, 2.05) is 12.2 Å². The van der Waals surface area contributed by atoms with Gasteiger partial charge in [0.1, 0.15) is 6.61 Å². The molecule has 0 bridgehead atoms. The van der Waals surface area contributed by atoms with Gasteiger partial charge in [-0.1, -0.05) is 19.9 Å². The summed E-state index contributed by atoms with van der Waals surface area (Å²) in [6, 6.07) is 0. The summed E-state index contributed by atoms with van der Waals surface area (Å²) in [4.78, 5) is 12.7. The third kappa shape index (κ3) is 7.53. The van der Waals surface area contributed by atoms with Crippen molar-refractivity contribution in [3.8, 4) is 0 Å². The molecule has 0 fully saturated rings. The molecule has 0 saturated heterocycles. The number of likely N-dealkylation sites (N-methyl/N-ethyl adjacent to an activating group) is 1. The van der Waals surface area contributed by atoms with E-state index in [1.165, 1.54) is 6.92 Å². The molecule has 3 heteroatoms. The van der Waals surface area contributed by atoms with Crippen LogP contribution in [0, 0.1) is 0 Å². The van der Waals surface area contributed by atoms with Gasteiger partial charge in [-0.25, -0.2) is 0 Å². The first-order valence-corrected chi connectivity index (χ1v) is 4.71. The fraction of sp³-hybridized carbons (Fsp3) is 0.700. The van der Waals surface area contributed by atoms with Gasteiger partial charge in [0, 0.05) is 13.5 Å². The first-order chi connectivity index (χ1) is 6.20. The molecular weight excluding hydrogens is 166 g/mol. The van der Waals surface area contributed by atoms with Crippen molar-refractivity contribution in [1.29, 1.82) is 0 Å². The van der Waals surface area contributed by atoms with Crippen LogP contribution in [0.25, 0.3) is 0 Å². The van der Waals surface area contributed by atoms with E-state index in [-0.39, 0.29) is 5.97 Å². The molecule has 0 N–H and O–H groups in total. The molecule has 0 radical (unpaired) electrons. The van der Waals surface area contributed by atoms with E-state index in [1.54, 1.807) is 0 Å². The summed E-state index contributed by atoms with van der Waals surface area (Å²) in [5.41, 5.74) is 0. The minimum absolute atomic E-state index is 0.229. The molecule has 13 heavy (non-hydrogen) atoms. The number of hydrogen-bond donors (Lipinski definition) is 0. The van der Waals surface area contributed by atoms with Gasteiger partial charge in [-0.05, 0) is 19.2 Å². The third-order valence-corrected chi connectivity index (χ3v) is 1.81. The zero-order valence-corrected chi connectivity index (χ0v) is 8.75. The van der Waals surface area contributed by atoms with Gasteiger partial charge in [0.15, 0.2) is 0 Å². The average Bonchev–Trinajstić information content (AvgIpc) is 2.11. The van der Waals surface area contributed by atoms with Crippen molar-refractivity contribution in [2.24, 2.45) is 0 Å². The predicted molar refractivity (Wildman–Crippen MR) is 53.6 cm³/mol. The first kappa shape index (κ1) is 12.2. The highest BCUT2D eigenvalue weighted by atomic mass is 16.5. The zero-order valence-electron chi connectivity index (χ0n) is 8.75. The molecule has 0 heterocycles. The Balaban J connectivity index is 3.44. The van der Waals surface area contributed by atoms with Gasteiger partial charge in [0.25, 0.3) is 0 Å². The molecular formula is C10H19NO2. The lowest BCUT2D eigenvalue weighted by molar-refractivity contribution is -0.139. The van der Waals surface area contributed by atoms with Crippen molar-refractivity contribution in [3.63, 3.8) is 0 Å². The predicted octanol–water partition coefficient (Wildman–Crippen LogP) is 1.45. The van der Waals surface area contributed by atoms with E-state index in [0.717, 1.165) is 19.6 Å². The van der Waals surface area contributed by atoms with Crippen molar-refractivity contribution < 1.29 is 9.53 Å². The summed E-state index contributed by atoms with van der Waals surface area (Å²) >= 11 is 0. The van der Waals surface area contributed by atoms with Crippen LogP contribution >= 0.6 is 0 Å². The second kappa shape index (κ2) is 7.80. The first-order valence-electron chi connectivity index (χ1n) is 4.71. The summed E-state index contributed by atoms with van der Waals surface area (Å²) in [5, 5.41) is 0. The molecule has 0 atom stereocenters. The normalized spacial score (nSPS) is 11.1. The maximum atomic E-state index is 10.4. The van der Waals surface area contributed by atoms with Gasteiger partial charge in [0.05, 0.1) is 0 Å². The van der Waals surface area contributed by atoms with Crippen LogP contribution in [-0.4, -0.2) is 37.1 Å². The Bertz CT molecular complexity index is 162. The highest BCUT2D eigenvalue weighted by Gasteiger charge is 1.93. The number of nitrogens with zero attached hydrogens (tertiary/aromatic N) is 1. The average molecular weight is 185 g/mol. The number of carbonyl (C=O) groups is 1. The quantitative estimate of drug-likeness (QED) is 0.463. The van der Waals surface area contributed by atoms with Gasteiger partial charge in [0.2, 0.25) is 0 Å². The Morgan fingerprint density at radius 2 is 1.92 bits per heavy atom. The Morgan fingerprint density at radius 1 is 1.31 bits per heavy atom. The second-order valence-electron chi connectivity index (χ2n) is 2.76. The molecule has 0 aliphatic carbocycles. The van der Waals surface area contributed by atoms with Crippen LogP contribution in [0.4, 0.5) is 0 Å². The van der Waals surface area contributed by atoms with E-state index in [9.17, 15) is 4.79 Å². The maximum Gasteiger partial charge on any atom is 0.302 e. The lowest BCUT2D eigenvalue weighted by atomic mass is 10.4. The lowest BCUT2D eigenvalue weighted by Gasteiger charge is -2.14. The Kier molecular flexibility index (Phi) is 7.30. The Morgan fingerprint density at radius 3 is 2.38 bits per heavy atom. The van der Waals surface area contributed by atoms with E-state index in [0.29, 0.717) is 6.61 Å². The maximum absolute atomic E-state index is 10.4. The van der Waals surface area contributed by atoms with Crippen LogP contribution in [0.3, 0.4) is 0 Å². The van der Waals surface area contributed by atoms with E-state index in [2.05, 4.69) is 18.7 Å². The fourth-order valence-electron chi connectivity index (χ4n) is 0.939. The third-order valence-electron chi connectivity index (χ3n) is 1.81. The summed E-state index contributed by atoms with van der Waals surface area (Å²) in [6.45, 7) is 9.08. The summed E-state index contributed by atoms with van der Waals surface area (Å²) in [6.07, 6.45) is 3.90. The molecule has 0 aromatic rings. The highest BCUT2D eigenvalue weighted by molar-refractivity contribution is 5.65. The van der Waals surface area contributed by atoms with Crippen LogP contribution in [0.15, 0.2) is 12.2 Å². The molecule has 76 valence electrons. The second-order valence-corrected chi connectivity index (χ2v) is 2.76. The summed E-state index contributed by atoms with van der Waals surface area (Å²) in [7, 11) is 0. The van der Waals surface area contributed by atoms with Crippen LogP contribution in [0.2, 0.25) is 0 Å². The highest BCUT2D eigenvalue weighted by Crippen LogP contribution is 1.87. The number of rotatable bonds is 6. The molecule has 0 aromatic carbocycles. The molecule has 0 aliphatic heterocycles. The molecule has 0 spiro atoms. The monoisotopic (exact) mass is 185 g/mol.